The molecule has 3 rings (SSSR count). The summed E-state index contributed by atoms with van der Waals surface area (Å²) >= 11 is 1.57. The minimum absolute atomic E-state index is 0.0906. The Bertz CT molecular complexity index is 879. The quantitative estimate of drug-likeness (QED) is 0.733. The number of carbonyl (C=O) groups is 1. The van der Waals surface area contributed by atoms with Gasteiger partial charge in [-0.3, -0.25) is 4.79 Å². The number of thiophene rings is 1. The highest BCUT2D eigenvalue weighted by Gasteiger charge is 2.13. The van der Waals surface area contributed by atoms with Gasteiger partial charge in [0.15, 0.2) is 0 Å². The van der Waals surface area contributed by atoms with Crippen LogP contribution < -0.4 is 5.32 Å². The van der Waals surface area contributed by atoms with E-state index in [1.54, 1.807) is 23.5 Å². The van der Waals surface area contributed by atoms with Gasteiger partial charge in [0.05, 0.1) is 17.7 Å². The van der Waals surface area contributed by atoms with E-state index < -0.39 is 0 Å². The molecule has 1 amide bonds. The molecule has 1 N–H and O–H groups in total. The van der Waals surface area contributed by atoms with Crippen LogP contribution in [0.25, 0.3) is 11.4 Å². The second-order valence-corrected chi connectivity index (χ2v) is 6.33. The standard InChI is InChI=1S/C18H16N4O2S/c1-12(14-4-2-13(10-19)3-5-14)20-16(23)6-7-17-21-18(22-24-17)15-8-9-25-11-15/h2-5,8-9,11-12H,6-7H2,1H3,(H,20,23). The molecule has 1 atom stereocenters. The van der Waals surface area contributed by atoms with Crippen LogP contribution in [-0.4, -0.2) is 16.0 Å². The Morgan fingerprint density at radius 2 is 2.16 bits per heavy atom. The number of carbonyl (C=O) groups excluding carboxylic acids is 1. The third-order valence-corrected chi connectivity index (χ3v) is 4.41. The Labute approximate surface area is 149 Å². The number of amides is 1. The van der Waals surface area contributed by atoms with Crippen molar-refractivity contribution in [1.82, 2.24) is 15.5 Å². The van der Waals surface area contributed by atoms with E-state index >= 15 is 0 Å². The molecule has 1 aromatic carbocycles. The first-order chi connectivity index (χ1) is 12.2. The highest BCUT2D eigenvalue weighted by molar-refractivity contribution is 7.08. The lowest BCUT2D eigenvalue weighted by Crippen LogP contribution is -2.26. The normalized spacial score (nSPS) is 11.7. The highest BCUT2D eigenvalue weighted by atomic mass is 32.1. The zero-order valence-corrected chi connectivity index (χ0v) is 14.4. The van der Waals surface area contributed by atoms with E-state index in [-0.39, 0.29) is 18.4 Å². The molecule has 0 radical (unpaired) electrons. The smallest absolute Gasteiger partial charge is 0.227 e. The number of nitrogens with one attached hydrogen (secondary N) is 1. The van der Waals surface area contributed by atoms with Gasteiger partial charge in [0, 0.05) is 23.8 Å². The molecule has 0 aliphatic heterocycles. The fraction of sp³-hybridized carbons (Fsp3) is 0.222. The lowest BCUT2D eigenvalue weighted by atomic mass is 10.1. The van der Waals surface area contributed by atoms with Crippen molar-refractivity contribution in [3.05, 3.63) is 58.1 Å². The van der Waals surface area contributed by atoms with Gasteiger partial charge in [-0.1, -0.05) is 17.3 Å². The van der Waals surface area contributed by atoms with Crippen molar-refractivity contribution in [3.8, 4) is 17.5 Å². The molecule has 2 heterocycles. The van der Waals surface area contributed by atoms with Gasteiger partial charge in [-0.2, -0.15) is 21.6 Å². The number of nitrogens with zero attached hydrogens (tertiary/aromatic N) is 3. The molecule has 1 unspecified atom stereocenters. The first kappa shape index (κ1) is 16.9. The number of benzene rings is 1. The third-order valence-electron chi connectivity index (χ3n) is 3.73. The van der Waals surface area contributed by atoms with Gasteiger partial charge in [0.1, 0.15) is 0 Å². The largest absolute Gasteiger partial charge is 0.350 e. The van der Waals surface area contributed by atoms with Crippen molar-refractivity contribution in [2.45, 2.75) is 25.8 Å². The first-order valence-corrected chi connectivity index (χ1v) is 8.74. The second kappa shape index (κ2) is 7.73. The molecule has 0 aliphatic rings. The maximum Gasteiger partial charge on any atom is 0.227 e. The SMILES string of the molecule is CC(NC(=O)CCc1nc(-c2ccsc2)no1)c1ccc(C#N)cc1. The van der Waals surface area contributed by atoms with Gasteiger partial charge >= 0.3 is 0 Å². The van der Waals surface area contributed by atoms with Gasteiger partial charge in [0.25, 0.3) is 0 Å². The van der Waals surface area contributed by atoms with Gasteiger partial charge in [-0.15, -0.1) is 0 Å². The predicted molar refractivity (Wildman–Crippen MR) is 93.6 cm³/mol. The summed E-state index contributed by atoms with van der Waals surface area (Å²) < 4.78 is 5.19. The van der Waals surface area contributed by atoms with Gasteiger partial charge in [0.2, 0.25) is 17.6 Å². The molecular weight excluding hydrogens is 336 g/mol. The molecule has 2 aromatic heterocycles. The minimum atomic E-state index is -0.135. The van der Waals surface area contributed by atoms with Crippen LogP contribution in [0.1, 0.15) is 36.4 Å². The van der Waals surface area contributed by atoms with Crippen molar-refractivity contribution in [1.29, 1.82) is 5.26 Å². The van der Waals surface area contributed by atoms with Crippen molar-refractivity contribution in [3.63, 3.8) is 0 Å². The second-order valence-electron chi connectivity index (χ2n) is 5.55. The third kappa shape index (κ3) is 4.31. The van der Waals surface area contributed by atoms with Crippen molar-refractivity contribution in [2.75, 3.05) is 0 Å². The maximum atomic E-state index is 12.1. The summed E-state index contributed by atoms with van der Waals surface area (Å²) in [5, 5.41) is 19.6. The van der Waals surface area contributed by atoms with Gasteiger partial charge in [-0.25, -0.2) is 0 Å². The van der Waals surface area contributed by atoms with E-state index in [0.717, 1.165) is 11.1 Å². The van der Waals surface area contributed by atoms with E-state index in [1.165, 1.54) is 0 Å². The fourth-order valence-electron chi connectivity index (χ4n) is 2.33. The van der Waals surface area contributed by atoms with Crippen molar-refractivity contribution < 1.29 is 9.32 Å². The lowest BCUT2D eigenvalue weighted by molar-refractivity contribution is -0.121. The van der Waals surface area contributed by atoms with Crippen LogP contribution in [0.4, 0.5) is 0 Å². The maximum absolute atomic E-state index is 12.1. The molecule has 0 saturated carbocycles. The Balaban J connectivity index is 1.51. The Kier molecular flexibility index (Phi) is 5.21. The van der Waals surface area contributed by atoms with Crippen LogP contribution in [0.2, 0.25) is 0 Å². The van der Waals surface area contributed by atoms with E-state index in [1.807, 2.05) is 35.9 Å². The van der Waals surface area contributed by atoms with E-state index in [2.05, 4.69) is 21.5 Å². The molecule has 0 fully saturated rings. The van der Waals surface area contributed by atoms with E-state index in [0.29, 0.717) is 23.7 Å². The number of nitriles is 1. The molecule has 6 nitrogen and oxygen atoms in total. The van der Waals surface area contributed by atoms with Crippen LogP contribution in [0.5, 0.6) is 0 Å². The average Bonchev–Trinajstić information content (AvgIpc) is 3.31. The summed E-state index contributed by atoms with van der Waals surface area (Å²) in [6, 6.07) is 11.0. The summed E-state index contributed by atoms with van der Waals surface area (Å²) in [5.74, 6) is 0.900. The van der Waals surface area contributed by atoms with Gasteiger partial charge in [-0.05, 0) is 36.1 Å². The molecule has 7 heteroatoms. The molecule has 25 heavy (non-hydrogen) atoms. The van der Waals surface area contributed by atoms with E-state index in [9.17, 15) is 4.79 Å². The Morgan fingerprint density at radius 3 is 2.84 bits per heavy atom. The van der Waals surface area contributed by atoms with Crippen molar-refractivity contribution >= 4 is 17.2 Å². The predicted octanol–water partition coefficient (Wildman–Crippen LogP) is 3.48. The number of hydrogen-bond acceptors (Lipinski definition) is 6. The zero-order valence-electron chi connectivity index (χ0n) is 13.6. The Morgan fingerprint density at radius 1 is 1.36 bits per heavy atom. The summed E-state index contributed by atoms with van der Waals surface area (Å²) in [4.78, 5) is 16.4. The summed E-state index contributed by atoms with van der Waals surface area (Å²) in [6.07, 6.45) is 0.662. The van der Waals surface area contributed by atoms with Gasteiger partial charge < -0.3 is 9.84 Å². The van der Waals surface area contributed by atoms with Crippen LogP contribution in [0.3, 0.4) is 0 Å². The molecule has 126 valence electrons. The molecule has 0 bridgehead atoms. The van der Waals surface area contributed by atoms with Crippen LogP contribution in [0, 0.1) is 11.3 Å². The lowest BCUT2D eigenvalue weighted by Gasteiger charge is -2.14. The highest BCUT2D eigenvalue weighted by Crippen LogP contribution is 2.19. The topological polar surface area (TPSA) is 91.8 Å². The van der Waals surface area contributed by atoms with Crippen LogP contribution >= 0.6 is 11.3 Å². The minimum Gasteiger partial charge on any atom is -0.350 e. The molecular formula is C18H16N4O2S. The first-order valence-electron chi connectivity index (χ1n) is 7.80. The fourth-order valence-corrected chi connectivity index (χ4v) is 2.96. The number of aromatic nitrogens is 2. The summed E-state index contributed by atoms with van der Waals surface area (Å²) in [6.45, 7) is 1.90. The molecule has 0 spiro atoms. The summed E-state index contributed by atoms with van der Waals surface area (Å²) in [5.41, 5.74) is 2.46. The zero-order chi connectivity index (χ0) is 17.6. The van der Waals surface area contributed by atoms with Crippen molar-refractivity contribution in [2.24, 2.45) is 0 Å². The number of hydrogen-bond donors (Lipinski definition) is 1. The summed E-state index contributed by atoms with van der Waals surface area (Å²) in [7, 11) is 0. The monoisotopic (exact) mass is 352 g/mol. The Hall–Kier alpha value is -2.98. The number of rotatable bonds is 6. The molecule has 0 aliphatic carbocycles. The van der Waals surface area contributed by atoms with Crippen LogP contribution in [0.15, 0.2) is 45.6 Å². The van der Waals surface area contributed by atoms with E-state index in [4.69, 9.17) is 9.78 Å². The average molecular weight is 352 g/mol. The molecule has 3 aromatic rings. The van der Waals surface area contributed by atoms with Crippen LogP contribution in [-0.2, 0) is 11.2 Å². The molecule has 0 saturated heterocycles. The number of aryl methyl sites for hydroxylation is 1.